The molecule has 0 bridgehead atoms. The van der Waals surface area contributed by atoms with Crippen LogP contribution in [-0.2, 0) is 0 Å². The van der Waals surface area contributed by atoms with Gasteiger partial charge in [0, 0.05) is 0 Å². The second kappa shape index (κ2) is 5.30. The first-order valence-corrected chi connectivity index (χ1v) is 9.18. The summed E-state index contributed by atoms with van der Waals surface area (Å²) in [5, 5.41) is 10.5. The minimum Gasteiger partial charge on any atom is -0.390 e. The van der Waals surface area contributed by atoms with Gasteiger partial charge < -0.3 is 5.11 Å². The Labute approximate surface area is 125 Å². The lowest BCUT2D eigenvalue weighted by Gasteiger charge is -2.59. The van der Waals surface area contributed by atoms with Crippen LogP contribution in [0.15, 0.2) is 0 Å². The van der Waals surface area contributed by atoms with Crippen LogP contribution < -0.4 is 0 Å². The van der Waals surface area contributed by atoms with Crippen molar-refractivity contribution in [3.63, 3.8) is 0 Å². The number of hydrogen-bond donors (Lipinski definition) is 1. The van der Waals surface area contributed by atoms with E-state index in [0.717, 1.165) is 36.5 Å². The van der Waals surface area contributed by atoms with Crippen LogP contribution in [-0.4, -0.2) is 10.7 Å². The summed E-state index contributed by atoms with van der Waals surface area (Å²) < 4.78 is 0. The first-order valence-electron chi connectivity index (χ1n) is 9.18. The van der Waals surface area contributed by atoms with Gasteiger partial charge in [0.25, 0.3) is 0 Å². The van der Waals surface area contributed by atoms with Crippen LogP contribution in [0.5, 0.6) is 0 Å². The predicted octanol–water partition coefficient (Wildman–Crippen LogP) is 5.17. The van der Waals surface area contributed by atoms with E-state index in [1.165, 1.54) is 51.4 Å². The molecule has 20 heavy (non-hydrogen) atoms. The zero-order valence-corrected chi connectivity index (χ0v) is 13.8. The highest BCUT2D eigenvalue weighted by molar-refractivity contribution is 5.04. The van der Waals surface area contributed by atoms with Crippen molar-refractivity contribution in [3.05, 3.63) is 0 Å². The lowest BCUT2D eigenvalue weighted by molar-refractivity contribution is -0.127. The third-order valence-corrected chi connectivity index (χ3v) is 7.39. The van der Waals surface area contributed by atoms with E-state index in [9.17, 15) is 5.11 Å². The van der Waals surface area contributed by atoms with Crippen molar-refractivity contribution in [2.45, 2.75) is 90.6 Å². The van der Waals surface area contributed by atoms with Gasteiger partial charge in [0.05, 0.1) is 5.60 Å². The molecule has 3 saturated carbocycles. The van der Waals surface area contributed by atoms with E-state index < -0.39 is 0 Å². The smallest absolute Gasteiger partial charge is 0.0622 e. The summed E-state index contributed by atoms with van der Waals surface area (Å²) in [7, 11) is 0. The molecule has 0 radical (unpaired) electrons. The highest BCUT2D eigenvalue weighted by atomic mass is 16.3. The molecule has 1 unspecified atom stereocenters. The number of hydrogen-bond acceptors (Lipinski definition) is 1. The SMILES string of the molecule is CCC[C@@H]1CCC[C@H]2[C@H]1CC[C@@H]1C[C@](C)(O)CCC12C. The Morgan fingerprint density at radius 1 is 1.05 bits per heavy atom. The minimum absolute atomic E-state index is 0.380. The molecule has 0 spiro atoms. The van der Waals surface area contributed by atoms with Crippen molar-refractivity contribution < 1.29 is 5.11 Å². The van der Waals surface area contributed by atoms with Gasteiger partial charge in [-0.15, -0.1) is 0 Å². The minimum atomic E-state index is -0.380. The predicted molar refractivity (Wildman–Crippen MR) is 84.5 cm³/mol. The molecule has 0 aliphatic heterocycles. The van der Waals surface area contributed by atoms with Crippen LogP contribution in [0.4, 0.5) is 0 Å². The molecule has 116 valence electrons. The molecule has 0 aromatic carbocycles. The third-order valence-electron chi connectivity index (χ3n) is 7.39. The standard InChI is InChI=1S/C19H34O/c1-4-6-14-7-5-8-17-16(14)10-9-15-13-18(2,20)11-12-19(15,17)3/h14-17,20H,4-13H2,1-3H3/t14-,15-,16+,17+,18-,19?/m1/s1. The highest BCUT2D eigenvalue weighted by Gasteiger charge is 2.54. The van der Waals surface area contributed by atoms with Crippen LogP contribution in [0.3, 0.4) is 0 Å². The molecule has 1 nitrogen and oxygen atoms in total. The van der Waals surface area contributed by atoms with Crippen molar-refractivity contribution in [2.75, 3.05) is 0 Å². The van der Waals surface area contributed by atoms with Crippen LogP contribution >= 0.6 is 0 Å². The largest absolute Gasteiger partial charge is 0.390 e. The van der Waals surface area contributed by atoms with E-state index in [1.807, 2.05) is 0 Å². The summed E-state index contributed by atoms with van der Waals surface area (Å²) in [5.74, 6) is 3.77. The molecule has 0 amide bonds. The lowest BCUT2D eigenvalue weighted by Crippen LogP contribution is -2.52. The molecule has 6 atom stereocenters. The second-order valence-corrected chi connectivity index (χ2v) is 8.73. The summed E-state index contributed by atoms with van der Waals surface area (Å²) in [4.78, 5) is 0. The van der Waals surface area contributed by atoms with E-state index in [1.54, 1.807) is 0 Å². The van der Waals surface area contributed by atoms with Gasteiger partial charge in [0.2, 0.25) is 0 Å². The Kier molecular flexibility index (Phi) is 3.95. The van der Waals surface area contributed by atoms with Crippen LogP contribution in [0.25, 0.3) is 0 Å². The average Bonchev–Trinajstić information content (AvgIpc) is 2.40. The summed E-state index contributed by atoms with van der Waals surface area (Å²) in [6.07, 6.45) is 13.4. The zero-order chi connectivity index (χ0) is 14.4. The van der Waals surface area contributed by atoms with Crippen LogP contribution in [0, 0.1) is 29.1 Å². The molecule has 0 saturated heterocycles. The normalized spacial score (nSPS) is 52.2. The summed E-state index contributed by atoms with van der Waals surface area (Å²) in [6.45, 7) is 7.01. The quantitative estimate of drug-likeness (QED) is 0.738. The Hall–Kier alpha value is -0.0400. The molecule has 3 aliphatic rings. The van der Waals surface area contributed by atoms with E-state index in [0.29, 0.717) is 5.41 Å². The maximum absolute atomic E-state index is 10.5. The molecule has 3 fully saturated rings. The Bertz CT molecular complexity index is 346. The van der Waals surface area contributed by atoms with Crippen molar-refractivity contribution in [1.29, 1.82) is 0 Å². The van der Waals surface area contributed by atoms with Gasteiger partial charge in [-0.2, -0.15) is 0 Å². The van der Waals surface area contributed by atoms with Crippen molar-refractivity contribution in [3.8, 4) is 0 Å². The average molecular weight is 278 g/mol. The van der Waals surface area contributed by atoms with Crippen molar-refractivity contribution in [2.24, 2.45) is 29.1 Å². The first kappa shape index (κ1) is 14.9. The summed E-state index contributed by atoms with van der Waals surface area (Å²) >= 11 is 0. The summed E-state index contributed by atoms with van der Waals surface area (Å²) in [6, 6.07) is 0. The van der Waals surface area contributed by atoms with Gasteiger partial charge in [-0.3, -0.25) is 0 Å². The fourth-order valence-corrected chi connectivity index (χ4v) is 6.26. The maximum atomic E-state index is 10.5. The Morgan fingerprint density at radius 2 is 1.85 bits per heavy atom. The molecule has 0 aromatic heterocycles. The lowest BCUT2D eigenvalue weighted by atomic mass is 9.46. The molecular formula is C19H34O. The van der Waals surface area contributed by atoms with Crippen molar-refractivity contribution >= 4 is 0 Å². The van der Waals surface area contributed by atoms with E-state index in [4.69, 9.17) is 0 Å². The Balaban J connectivity index is 1.80. The number of rotatable bonds is 2. The number of fused-ring (bicyclic) bond motifs is 3. The maximum Gasteiger partial charge on any atom is 0.0622 e. The molecule has 3 rings (SSSR count). The first-order chi connectivity index (χ1) is 9.46. The highest BCUT2D eigenvalue weighted by Crippen LogP contribution is 2.61. The van der Waals surface area contributed by atoms with Gasteiger partial charge in [-0.05, 0) is 74.5 Å². The molecule has 1 N–H and O–H groups in total. The van der Waals surface area contributed by atoms with E-state index >= 15 is 0 Å². The fourth-order valence-electron chi connectivity index (χ4n) is 6.26. The molecular weight excluding hydrogens is 244 g/mol. The molecule has 3 aliphatic carbocycles. The third kappa shape index (κ3) is 2.45. The fraction of sp³-hybridized carbons (Fsp3) is 1.00. The van der Waals surface area contributed by atoms with Crippen LogP contribution in [0.2, 0.25) is 0 Å². The van der Waals surface area contributed by atoms with E-state index in [-0.39, 0.29) is 5.60 Å². The topological polar surface area (TPSA) is 20.2 Å². The van der Waals surface area contributed by atoms with Gasteiger partial charge >= 0.3 is 0 Å². The van der Waals surface area contributed by atoms with Gasteiger partial charge in [-0.25, -0.2) is 0 Å². The Morgan fingerprint density at radius 3 is 2.60 bits per heavy atom. The van der Waals surface area contributed by atoms with E-state index in [2.05, 4.69) is 20.8 Å². The van der Waals surface area contributed by atoms with Crippen LogP contribution in [0.1, 0.15) is 85.0 Å². The molecule has 0 heterocycles. The number of aliphatic hydroxyl groups is 1. The van der Waals surface area contributed by atoms with Gasteiger partial charge in [0.15, 0.2) is 0 Å². The van der Waals surface area contributed by atoms with Crippen molar-refractivity contribution in [1.82, 2.24) is 0 Å². The van der Waals surface area contributed by atoms with Gasteiger partial charge in [0.1, 0.15) is 0 Å². The molecule has 0 aromatic rings. The monoisotopic (exact) mass is 278 g/mol. The van der Waals surface area contributed by atoms with Gasteiger partial charge in [-0.1, -0.05) is 39.5 Å². The zero-order valence-electron chi connectivity index (χ0n) is 13.8. The second-order valence-electron chi connectivity index (χ2n) is 8.73. The molecule has 1 heteroatoms. The summed E-state index contributed by atoms with van der Waals surface area (Å²) in [5.41, 5.74) is 0.159.